The molecule has 0 spiro atoms. The number of ether oxygens (including phenoxy) is 1. The van der Waals surface area contributed by atoms with Gasteiger partial charge in [0.15, 0.2) is 0 Å². The molecule has 122 valence electrons. The molecule has 1 aromatic heterocycles. The maximum Gasteiger partial charge on any atom is 0.272 e. The molecule has 0 bridgehead atoms. The highest BCUT2D eigenvalue weighted by atomic mass is 16.5. The van der Waals surface area contributed by atoms with Crippen molar-refractivity contribution in [3.63, 3.8) is 0 Å². The van der Waals surface area contributed by atoms with Crippen LogP contribution in [0.25, 0.3) is 0 Å². The fourth-order valence-electron chi connectivity index (χ4n) is 2.85. The predicted octanol–water partition coefficient (Wildman–Crippen LogP) is 2.49. The molecule has 1 saturated heterocycles. The lowest BCUT2D eigenvalue weighted by Gasteiger charge is -2.20. The Bertz CT molecular complexity index is 473. The van der Waals surface area contributed by atoms with Gasteiger partial charge in [0.1, 0.15) is 11.4 Å². The number of carbonyl (C=O) groups excluding carboxylic acids is 1. The van der Waals surface area contributed by atoms with Gasteiger partial charge < -0.3 is 14.7 Å². The lowest BCUT2D eigenvalue weighted by Crippen LogP contribution is -2.32. The van der Waals surface area contributed by atoms with Crippen LogP contribution in [0.1, 0.15) is 50.0 Å². The third-order valence-corrected chi connectivity index (χ3v) is 4.00. The minimum atomic E-state index is -0.0132. The monoisotopic (exact) mass is 306 g/mol. The fraction of sp³-hybridized carbons (Fsp3) is 0.647. The van der Waals surface area contributed by atoms with Crippen molar-refractivity contribution in [3.8, 4) is 5.75 Å². The van der Waals surface area contributed by atoms with Crippen molar-refractivity contribution in [2.45, 2.75) is 45.6 Å². The highest BCUT2D eigenvalue weighted by Crippen LogP contribution is 2.21. The van der Waals surface area contributed by atoms with E-state index in [0.29, 0.717) is 17.4 Å². The van der Waals surface area contributed by atoms with E-state index in [1.807, 2.05) is 18.7 Å². The second kappa shape index (κ2) is 8.13. The molecule has 0 saturated carbocycles. The zero-order valence-corrected chi connectivity index (χ0v) is 13.5. The standard InChI is InChI=1S/C17H26N2O3/c1-13(2)22-15-5-6-16(18-12-15)17(21)19-9-3-4-14(7-10-19)8-11-20/h5-6,12-14,20H,3-4,7-11H2,1-2H3. The minimum absolute atomic E-state index is 0.0132. The quantitative estimate of drug-likeness (QED) is 0.908. The average Bonchev–Trinajstić information content (AvgIpc) is 2.73. The number of rotatable bonds is 5. The summed E-state index contributed by atoms with van der Waals surface area (Å²) in [5, 5.41) is 9.05. The largest absolute Gasteiger partial charge is 0.489 e. The van der Waals surface area contributed by atoms with Crippen molar-refractivity contribution in [3.05, 3.63) is 24.0 Å². The van der Waals surface area contributed by atoms with Gasteiger partial charge in [-0.25, -0.2) is 4.98 Å². The molecule has 0 aromatic carbocycles. The Morgan fingerprint density at radius 2 is 2.23 bits per heavy atom. The van der Waals surface area contributed by atoms with Gasteiger partial charge in [-0.15, -0.1) is 0 Å². The normalized spacial score (nSPS) is 19.1. The molecule has 0 aliphatic carbocycles. The Hall–Kier alpha value is -1.62. The van der Waals surface area contributed by atoms with Crippen LogP contribution < -0.4 is 4.74 Å². The van der Waals surface area contributed by atoms with Crippen LogP contribution in [0.4, 0.5) is 0 Å². The summed E-state index contributed by atoms with van der Waals surface area (Å²) in [5.41, 5.74) is 0.469. The summed E-state index contributed by atoms with van der Waals surface area (Å²) >= 11 is 0. The van der Waals surface area contributed by atoms with Crippen LogP contribution in [-0.2, 0) is 0 Å². The summed E-state index contributed by atoms with van der Waals surface area (Å²) in [7, 11) is 0. The van der Waals surface area contributed by atoms with E-state index >= 15 is 0 Å². The Kier molecular flexibility index (Phi) is 6.19. The van der Waals surface area contributed by atoms with Gasteiger partial charge in [0, 0.05) is 19.7 Å². The number of hydrogen-bond donors (Lipinski definition) is 1. The highest BCUT2D eigenvalue weighted by Gasteiger charge is 2.22. The lowest BCUT2D eigenvalue weighted by atomic mass is 9.98. The van der Waals surface area contributed by atoms with Crippen molar-refractivity contribution in [1.29, 1.82) is 0 Å². The fourth-order valence-corrected chi connectivity index (χ4v) is 2.85. The van der Waals surface area contributed by atoms with Gasteiger partial charge in [0.05, 0.1) is 12.3 Å². The molecule has 1 aromatic rings. The summed E-state index contributed by atoms with van der Waals surface area (Å²) in [6.45, 7) is 5.66. The van der Waals surface area contributed by atoms with Crippen LogP contribution in [0.5, 0.6) is 5.75 Å². The van der Waals surface area contributed by atoms with E-state index < -0.39 is 0 Å². The average molecular weight is 306 g/mol. The Morgan fingerprint density at radius 1 is 1.41 bits per heavy atom. The van der Waals surface area contributed by atoms with Gasteiger partial charge in [-0.1, -0.05) is 0 Å². The van der Waals surface area contributed by atoms with Crippen molar-refractivity contribution in [2.24, 2.45) is 5.92 Å². The maximum atomic E-state index is 12.5. The van der Waals surface area contributed by atoms with E-state index in [0.717, 1.165) is 38.8 Å². The lowest BCUT2D eigenvalue weighted by molar-refractivity contribution is 0.0753. The molecule has 1 aliphatic heterocycles. The van der Waals surface area contributed by atoms with Gasteiger partial charge in [-0.05, 0) is 57.6 Å². The number of amides is 1. The van der Waals surface area contributed by atoms with E-state index in [-0.39, 0.29) is 18.6 Å². The highest BCUT2D eigenvalue weighted by molar-refractivity contribution is 5.92. The van der Waals surface area contributed by atoms with Crippen LogP contribution in [0, 0.1) is 5.92 Å². The molecular formula is C17H26N2O3. The summed E-state index contributed by atoms with van der Waals surface area (Å²) < 4.78 is 5.54. The number of pyridine rings is 1. The summed E-state index contributed by atoms with van der Waals surface area (Å²) in [6, 6.07) is 3.53. The van der Waals surface area contributed by atoms with E-state index in [1.54, 1.807) is 18.3 Å². The smallest absolute Gasteiger partial charge is 0.272 e. The van der Waals surface area contributed by atoms with E-state index in [9.17, 15) is 4.79 Å². The number of aromatic nitrogens is 1. The van der Waals surface area contributed by atoms with Crippen molar-refractivity contribution in [2.75, 3.05) is 19.7 Å². The number of nitrogens with zero attached hydrogens (tertiary/aromatic N) is 2. The molecule has 2 rings (SSSR count). The molecule has 0 radical (unpaired) electrons. The van der Waals surface area contributed by atoms with Crippen LogP contribution >= 0.6 is 0 Å². The first-order chi connectivity index (χ1) is 10.6. The Labute approximate surface area is 132 Å². The third-order valence-electron chi connectivity index (χ3n) is 4.00. The molecule has 1 N–H and O–H groups in total. The number of hydrogen-bond acceptors (Lipinski definition) is 4. The van der Waals surface area contributed by atoms with Gasteiger partial charge in [-0.2, -0.15) is 0 Å². The van der Waals surface area contributed by atoms with Crippen LogP contribution in [0.2, 0.25) is 0 Å². The molecular weight excluding hydrogens is 280 g/mol. The molecule has 1 aliphatic rings. The number of aliphatic hydroxyl groups excluding tert-OH is 1. The zero-order chi connectivity index (χ0) is 15.9. The molecule has 1 fully saturated rings. The van der Waals surface area contributed by atoms with Gasteiger partial charge in [0.25, 0.3) is 5.91 Å². The Morgan fingerprint density at radius 3 is 2.86 bits per heavy atom. The minimum Gasteiger partial charge on any atom is -0.489 e. The van der Waals surface area contributed by atoms with Gasteiger partial charge in [-0.3, -0.25) is 4.79 Å². The molecule has 5 heteroatoms. The van der Waals surface area contributed by atoms with E-state index in [1.165, 1.54) is 0 Å². The SMILES string of the molecule is CC(C)Oc1ccc(C(=O)N2CCCC(CCO)CC2)nc1. The van der Waals surface area contributed by atoms with Crippen molar-refractivity contribution >= 4 is 5.91 Å². The molecule has 1 unspecified atom stereocenters. The topological polar surface area (TPSA) is 62.7 Å². The predicted molar refractivity (Wildman–Crippen MR) is 84.9 cm³/mol. The second-order valence-electron chi connectivity index (χ2n) is 6.15. The number of likely N-dealkylation sites (tertiary alicyclic amines) is 1. The third kappa shape index (κ3) is 4.70. The number of carbonyl (C=O) groups is 1. The van der Waals surface area contributed by atoms with E-state index in [2.05, 4.69) is 4.98 Å². The number of aliphatic hydroxyl groups is 1. The molecule has 2 heterocycles. The Balaban J connectivity index is 1.95. The zero-order valence-electron chi connectivity index (χ0n) is 13.5. The maximum absolute atomic E-state index is 12.5. The van der Waals surface area contributed by atoms with Crippen molar-refractivity contribution < 1.29 is 14.6 Å². The summed E-state index contributed by atoms with van der Waals surface area (Å²) in [5.74, 6) is 1.20. The first-order valence-corrected chi connectivity index (χ1v) is 8.13. The van der Waals surface area contributed by atoms with Crippen LogP contribution in [0.3, 0.4) is 0 Å². The molecule has 22 heavy (non-hydrogen) atoms. The van der Waals surface area contributed by atoms with Crippen molar-refractivity contribution in [1.82, 2.24) is 9.88 Å². The van der Waals surface area contributed by atoms with Gasteiger partial charge >= 0.3 is 0 Å². The summed E-state index contributed by atoms with van der Waals surface area (Å²) in [6.07, 6.45) is 5.57. The first kappa shape index (κ1) is 16.7. The van der Waals surface area contributed by atoms with Crippen LogP contribution in [-0.4, -0.2) is 46.7 Å². The molecule has 5 nitrogen and oxygen atoms in total. The van der Waals surface area contributed by atoms with Gasteiger partial charge in [0.2, 0.25) is 0 Å². The molecule has 1 amide bonds. The molecule has 1 atom stereocenters. The van der Waals surface area contributed by atoms with E-state index in [4.69, 9.17) is 9.84 Å². The second-order valence-corrected chi connectivity index (χ2v) is 6.15. The first-order valence-electron chi connectivity index (χ1n) is 8.13. The summed E-state index contributed by atoms with van der Waals surface area (Å²) in [4.78, 5) is 18.6. The van der Waals surface area contributed by atoms with Crippen LogP contribution in [0.15, 0.2) is 18.3 Å².